The van der Waals surface area contributed by atoms with Gasteiger partial charge in [-0.05, 0) is 19.9 Å². The standard InChI is InChI=1S/C7H15NO/c1-7-3-4-8(7)5-6-9-2/h7H,3-6H2,1-2H3. The first-order chi connectivity index (χ1) is 4.34. The second-order valence-corrected chi connectivity index (χ2v) is 2.67. The summed E-state index contributed by atoms with van der Waals surface area (Å²) >= 11 is 0. The van der Waals surface area contributed by atoms with Crippen LogP contribution in [0.25, 0.3) is 0 Å². The van der Waals surface area contributed by atoms with Gasteiger partial charge in [-0.15, -0.1) is 0 Å². The molecule has 0 aromatic rings. The third-order valence-corrected chi connectivity index (χ3v) is 2.04. The monoisotopic (exact) mass is 129 g/mol. The van der Waals surface area contributed by atoms with Crippen molar-refractivity contribution in [3.8, 4) is 0 Å². The van der Waals surface area contributed by atoms with Crippen LogP contribution >= 0.6 is 0 Å². The lowest BCUT2D eigenvalue weighted by atomic mass is 10.1. The average Bonchev–Trinajstić information content (AvgIpc) is 1.86. The van der Waals surface area contributed by atoms with E-state index in [1.54, 1.807) is 7.11 Å². The van der Waals surface area contributed by atoms with E-state index in [2.05, 4.69) is 11.8 Å². The summed E-state index contributed by atoms with van der Waals surface area (Å²) in [5.41, 5.74) is 0. The van der Waals surface area contributed by atoms with Crippen LogP contribution in [0, 0.1) is 0 Å². The highest BCUT2D eigenvalue weighted by Crippen LogP contribution is 2.14. The number of hydrogen-bond acceptors (Lipinski definition) is 2. The highest BCUT2D eigenvalue weighted by Gasteiger charge is 2.21. The molecule has 1 atom stereocenters. The van der Waals surface area contributed by atoms with E-state index >= 15 is 0 Å². The first-order valence-electron chi connectivity index (χ1n) is 3.57. The van der Waals surface area contributed by atoms with E-state index in [4.69, 9.17) is 4.74 Å². The number of likely N-dealkylation sites (tertiary alicyclic amines) is 1. The van der Waals surface area contributed by atoms with Gasteiger partial charge in [0.15, 0.2) is 0 Å². The fraction of sp³-hybridized carbons (Fsp3) is 1.00. The van der Waals surface area contributed by atoms with Gasteiger partial charge < -0.3 is 4.74 Å². The van der Waals surface area contributed by atoms with Crippen LogP contribution in [0.3, 0.4) is 0 Å². The molecule has 1 aliphatic rings. The maximum atomic E-state index is 4.95. The fourth-order valence-electron chi connectivity index (χ4n) is 1.11. The zero-order valence-electron chi connectivity index (χ0n) is 6.26. The van der Waals surface area contributed by atoms with Crippen molar-refractivity contribution in [3.63, 3.8) is 0 Å². The van der Waals surface area contributed by atoms with Crippen LogP contribution in [0.1, 0.15) is 13.3 Å². The molecule has 0 spiro atoms. The predicted molar refractivity (Wildman–Crippen MR) is 37.5 cm³/mol. The lowest BCUT2D eigenvalue weighted by molar-refractivity contribution is 0.0654. The summed E-state index contributed by atoms with van der Waals surface area (Å²) in [5.74, 6) is 0. The summed E-state index contributed by atoms with van der Waals surface area (Å²) in [6.45, 7) is 5.52. The first kappa shape index (κ1) is 7.03. The molecule has 0 radical (unpaired) electrons. The van der Waals surface area contributed by atoms with E-state index < -0.39 is 0 Å². The maximum Gasteiger partial charge on any atom is 0.0589 e. The number of methoxy groups -OCH3 is 1. The van der Waals surface area contributed by atoms with Crippen LogP contribution in [-0.4, -0.2) is 37.7 Å². The smallest absolute Gasteiger partial charge is 0.0589 e. The summed E-state index contributed by atoms with van der Waals surface area (Å²) < 4.78 is 4.95. The van der Waals surface area contributed by atoms with Gasteiger partial charge in [0.2, 0.25) is 0 Å². The Hall–Kier alpha value is -0.0800. The van der Waals surface area contributed by atoms with Crippen molar-refractivity contribution in [2.75, 3.05) is 26.8 Å². The van der Waals surface area contributed by atoms with Gasteiger partial charge in [0.1, 0.15) is 0 Å². The molecule has 1 heterocycles. The molecule has 1 saturated heterocycles. The minimum Gasteiger partial charge on any atom is -0.383 e. The summed E-state index contributed by atoms with van der Waals surface area (Å²) in [6, 6.07) is 0.806. The van der Waals surface area contributed by atoms with Crippen LogP contribution in [-0.2, 0) is 4.74 Å². The molecule has 1 rings (SSSR count). The molecule has 0 bridgehead atoms. The van der Waals surface area contributed by atoms with Gasteiger partial charge in [-0.3, -0.25) is 4.90 Å². The van der Waals surface area contributed by atoms with Crippen molar-refractivity contribution < 1.29 is 4.74 Å². The van der Waals surface area contributed by atoms with Crippen LogP contribution < -0.4 is 0 Å². The summed E-state index contributed by atoms with van der Waals surface area (Å²) in [7, 11) is 1.75. The number of nitrogens with zero attached hydrogens (tertiary/aromatic N) is 1. The van der Waals surface area contributed by atoms with E-state index in [0.29, 0.717) is 0 Å². The molecule has 1 aliphatic heterocycles. The van der Waals surface area contributed by atoms with Gasteiger partial charge in [-0.2, -0.15) is 0 Å². The Balaban J connectivity index is 1.99. The highest BCUT2D eigenvalue weighted by molar-refractivity contribution is 4.77. The number of rotatable bonds is 3. The third kappa shape index (κ3) is 1.66. The minimum absolute atomic E-state index is 0.806. The SMILES string of the molecule is COCCN1CCC1C. The fourth-order valence-corrected chi connectivity index (χ4v) is 1.11. The molecule has 0 amide bonds. The average molecular weight is 129 g/mol. The Morgan fingerprint density at radius 2 is 2.44 bits per heavy atom. The number of ether oxygens (including phenoxy) is 1. The lowest BCUT2D eigenvalue weighted by Gasteiger charge is -2.38. The van der Waals surface area contributed by atoms with E-state index in [-0.39, 0.29) is 0 Å². The lowest BCUT2D eigenvalue weighted by Crippen LogP contribution is -2.46. The zero-order chi connectivity index (χ0) is 6.69. The molecule has 0 N–H and O–H groups in total. The van der Waals surface area contributed by atoms with Crippen molar-refractivity contribution in [3.05, 3.63) is 0 Å². The molecular formula is C7H15NO. The van der Waals surface area contributed by atoms with Gasteiger partial charge in [-0.25, -0.2) is 0 Å². The quantitative estimate of drug-likeness (QED) is 0.557. The van der Waals surface area contributed by atoms with Gasteiger partial charge in [0.05, 0.1) is 6.61 Å². The van der Waals surface area contributed by atoms with Gasteiger partial charge in [-0.1, -0.05) is 0 Å². The molecule has 54 valence electrons. The van der Waals surface area contributed by atoms with Crippen LogP contribution in [0.4, 0.5) is 0 Å². The van der Waals surface area contributed by atoms with Crippen molar-refractivity contribution in [1.29, 1.82) is 0 Å². The van der Waals surface area contributed by atoms with Gasteiger partial charge in [0.25, 0.3) is 0 Å². The molecule has 0 aliphatic carbocycles. The second kappa shape index (κ2) is 3.18. The topological polar surface area (TPSA) is 12.5 Å². The second-order valence-electron chi connectivity index (χ2n) is 2.67. The Labute approximate surface area is 56.8 Å². The first-order valence-corrected chi connectivity index (χ1v) is 3.57. The normalized spacial score (nSPS) is 28.0. The Bertz CT molecular complexity index is 85.0. The summed E-state index contributed by atoms with van der Waals surface area (Å²) in [4.78, 5) is 2.43. The third-order valence-electron chi connectivity index (χ3n) is 2.04. The van der Waals surface area contributed by atoms with E-state index in [9.17, 15) is 0 Å². The van der Waals surface area contributed by atoms with Gasteiger partial charge in [0, 0.05) is 19.7 Å². The highest BCUT2D eigenvalue weighted by atomic mass is 16.5. The van der Waals surface area contributed by atoms with E-state index in [0.717, 1.165) is 19.2 Å². The van der Waals surface area contributed by atoms with Gasteiger partial charge >= 0.3 is 0 Å². The van der Waals surface area contributed by atoms with E-state index in [1.807, 2.05) is 0 Å². The molecule has 9 heavy (non-hydrogen) atoms. The molecule has 1 fully saturated rings. The minimum atomic E-state index is 0.806. The van der Waals surface area contributed by atoms with Crippen molar-refractivity contribution in [2.45, 2.75) is 19.4 Å². The molecule has 0 aromatic carbocycles. The van der Waals surface area contributed by atoms with Crippen LogP contribution in [0.15, 0.2) is 0 Å². The van der Waals surface area contributed by atoms with Crippen LogP contribution in [0.2, 0.25) is 0 Å². The molecule has 2 heteroatoms. The molecule has 1 unspecified atom stereocenters. The summed E-state index contributed by atoms with van der Waals surface area (Å²) in [6.07, 6.45) is 1.36. The molecule has 2 nitrogen and oxygen atoms in total. The number of hydrogen-bond donors (Lipinski definition) is 0. The Kier molecular flexibility index (Phi) is 2.49. The zero-order valence-corrected chi connectivity index (χ0v) is 6.26. The Morgan fingerprint density at radius 1 is 1.67 bits per heavy atom. The molecule has 0 saturated carbocycles. The molecule has 0 aromatic heterocycles. The Morgan fingerprint density at radius 3 is 2.78 bits per heavy atom. The van der Waals surface area contributed by atoms with Crippen LogP contribution in [0.5, 0.6) is 0 Å². The summed E-state index contributed by atoms with van der Waals surface area (Å²) in [5, 5.41) is 0. The van der Waals surface area contributed by atoms with Crippen molar-refractivity contribution in [2.24, 2.45) is 0 Å². The predicted octanol–water partition coefficient (Wildman–Crippen LogP) is 0.727. The van der Waals surface area contributed by atoms with Crippen molar-refractivity contribution in [1.82, 2.24) is 4.90 Å². The van der Waals surface area contributed by atoms with Crippen molar-refractivity contribution >= 4 is 0 Å². The largest absolute Gasteiger partial charge is 0.383 e. The molecular weight excluding hydrogens is 114 g/mol. The van der Waals surface area contributed by atoms with E-state index in [1.165, 1.54) is 13.0 Å². The maximum absolute atomic E-state index is 4.95.